The van der Waals surface area contributed by atoms with E-state index < -0.39 is 0 Å². The Morgan fingerprint density at radius 2 is 1.67 bits per heavy atom. The van der Waals surface area contributed by atoms with Crippen LogP contribution < -0.4 is 0 Å². The van der Waals surface area contributed by atoms with Crippen LogP contribution in [0.5, 0.6) is 0 Å². The summed E-state index contributed by atoms with van der Waals surface area (Å²) in [5, 5.41) is 6.41. The first-order chi connectivity index (χ1) is 16.2. The third-order valence-electron chi connectivity index (χ3n) is 6.50. The molecule has 6 nitrogen and oxygen atoms in total. The SMILES string of the molecule is Cc1ccc(C2=NN(C(=O)CN3CCN(Cc4ccccc4)CC3)[C@H](c3ccco3)C2)cc1. The molecule has 3 aromatic rings. The van der Waals surface area contributed by atoms with Crippen molar-refractivity contribution in [1.82, 2.24) is 14.8 Å². The monoisotopic (exact) mass is 442 g/mol. The van der Waals surface area contributed by atoms with Crippen molar-refractivity contribution in [2.24, 2.45) is 5.10 Å². The van der Waals surface area contributed by atoms with Gasteiger partial charge in [-0.05, 0) is 30.2 Å². The fourth-order valence-electron chi connectivity index (χ4n) is 4.57. The smallest absolute Gasteiger partial charge is 0.257 e. The van der Waals surface area contributed by atoms with Crippen LogP contribution in [0.25, 0.3) is 0 Å². The molecule has 1 amide bonds. The van der Waals surface area contributed by atoms with Crippen molar-refractivity contribution in [3.63, 3.8) is 0 Å². The number of benzene rings is 2. The van der Waals surface area contributed by atoms with Crippen molar-refractivity contribution in [1.29, 1.82) is 0 Å². The van der Waals surface area contributed by atoms with E-state index in [9.17, 15) is 4.79 Å². The first kappa shape index (κ1) is 21.6. The van der Waals surface area contributed by atoms with E-state index in [-0.39, 0.29) is 11.9 Å². The van der Waals surface area contributed by atoms with Crippen LogP contribution in [0.3, 0.4) is 0 Å². The van der Waals surface area contributed by atoms with Gasteiger partial charge in [-0.15, -0.1) is 0 Å². The molecule has 0 unspecified atom stereocenters. The standard InChI is InChI=1S/C27H30N4O2/c1-21-9-11-23(12-10-21)24-18-25(26-8-5-17-33-26)31(28-24)27(32)20-30-15-13-29(14-16-30)19-22-6-3-2-4-7-22/h2-12,17,25H,13-16,18-20H2,1H3/t25-/m0/s1. The third-order valence-corrected chi connectivity index (χ3v) is 6.50. The fourth-order valence-corrected chi connectivity index (χ4v) is 4.57. The van der Waals surface area contributed by atoms with Crippen LogP contribution in [-0.4, -0.2) is 59.2 Å². The summed E-state index contributed by atoms with van der Waals surface area (Å²) >= 11 is 0. The predicted molar refractivity (Wildman–Crippen MR) is 129 cm³/mol. The molecular weight excluding hydrogens is 412 g/mol. The van der Waals surface area contributed by atoms with E-state index in [0.29, 0.717) is 13.0 Å². The van der Waals surface area contributed by atoms with E-state index in [2.05, 4.69) is 65.3 Å². The molecule has 0 N–H and O–H groups in total. The Bertz CT molecular complexity index is 1080. The average Bonchev–Trinajstić information content (AvgIpc) is 3.52. The van der Waals surface area contributed by atoms with Gasteiger partial charge in [-0.2, -0.15) is 5.10 Å². The lowest BCUT2D eigenvalue weighted by Crippen LogP contribution is -2.49. The number of nitrogens with zero attached hydrogens (tertiary/aromatic N) is 4. The lowest BCUT2D eigenvalue weighted by atomic mass is 10.0. The first-order valence-electron chi connectivity index (χ1n) is 11.6. The van der Waals surface area contributed by atoms with Crippen molar-refractivity contribution in [3.05, 3.63) is 95.4 Å². The van der Waals surface area contributed by atoms with Gasteiger partial charge in [0.15, 0.2) is 0 Å². The molecule has 3 heterocycles. The number of furan rings is 1. The van der Waals surface area contributed by atoms with E-state index in [1.165, 1.54) is 11.1 Å². The molecule has 0 radical (unpaired) electrons. The summed E-state index contributed by atoms with van der Waals surface area (Å²) in [4.78, 5) is 18.0. The number of hydrogen-bond acceptors (Lipinski definition) is 5. The molecule has 1 aromatic heterocycles. The Labute approximate surface area is 195 Å². The number of piperazine rings is 1. The van der Waals surface area contributed by atoms with Gasteiger partial charge in [0, 0.05) is 39.1 Å². The number of hydrogen-bond donors (Lipinski definition) is 0. The Hall–Kier alpha value is -3.22. The summed E-state index contributed by atoms with van der Waals surface area (Å²) in [6.07, 6.45) is 2.32. The van der Waals surface area contributed by atoms with Gasteiger partial charge in [-0.25, -0.2) is 5.01 Å². The van der Waals surface area contributed by atoms with Gasteiger partial charge in [-0.3, -0.25) is 14.6 Å². The molecule has 2 aliphatic heterocycles. The Kier molecular flexibility index (Phi) is 6.37. The molecule has 1 fully saturated rings. The van der Waals surface area contributed by atoms with E-state index in [1.807, 2.05) is 18.2 Å². The van der Waals surface area contributed by atoms with E-state index in [0.717, 1.165) is 49.8 Å². The molecular formula is C27H30N4O2. The van der Waals surface area contributed by atoms with Crippen molar-refractivity contribution >= 4 is 11.6 Å². The molecule has 1 saturated heterocycles. The lowest BCUT2D eigenvalue weighted by Gasteiger charge is -2.35. The summed E-state index contributed by atoms with van der Waals surface area (Å²) in [7, 11) is 0. The summed E-state index contributed by atoms with van der Waals surface area (Å²) < 4.78 is 5.67. The minimum absolute atomic E-state index is 0.0232. The third kappa shape index (κ3) is 5.07. The zero-order valence-corrected chi connectivity index (χ0v) is 19.1. The van der Waals surface area contributed by atoms with Crippen LogP contribution in [0, 0.1) is 6.92 Å². The number of carbonyl (C=O) groups is 1. The molecule has 33 heavy (non-hydrogen) atoms. The van der Waals surface area contributed by atoms with Gasteiger partial charge >= 0.3 is 0 Å². The van der Waals surface area contributed by atoms with Crippen LogP contribution in [0.1, 0.15) is 34.9 Å². The molecule has 0 saturated carbocycles. The molecule has 170 valence electrons. The Balaban J connectivity index is 1.23. The van der Waals surface area contributed by atoms with Crippen molar-refractivity contribution in [3.8, 4) is 0 Å². The lowest BCUT2D eigenvalue weighted by molar-refractivity contribution is -0.135. The number of hydrazone groups is 1. The van der Waals surface area contributed by atoms with Gasteiger partial charge < -0.3 is 4.42 Å². The van der Waals surface area contributed by atoms with E-state index in [1.54, 1.807) is 11.3 Å². The Morgan fingerprint density at radius 3 is 2.36 bits per heavy atom. The van der Waals surface area contributed by atoms with Gasteiger partial charge in [-0.1, -0.05) is 60.2 Å². The average molecular weight is 443 g/mol. The molecule has 2 aliphatic rings. The second-order valence-corrected chi connectivity index (χ2v) is 8.92. The molecule has 2 aromatic carbocycles. The Morgan fingerprint density at radius 1 is 0.939 bits per heavy atom. The minimum Gasteiger partial charge on any atom is -0.467 e. The maximum atomic E-state index is 13.3. The number of carbonyl (C=O) groups excluding carboxylic acids is 1. The van der Waals surface area contributed by atoms with Crippen LogP contribution >= 0.6 is 0 Å². The highest BCUT2D eigenvalue weighted by Gasteiger charge is 2.35. The second kappa shape index (κ2) is 9.73. The number of aryl methyl sites for hydroxylation is 1. The zero-order chi connectivity index (χ0) is 22.6. The van der Waals surface area contributed by atoms with E-state index >= 15 is 0 Å². The predicted octanol–water partition coefficient (Wildman–Crippen LogP) is 4.08. The van der Waals surface area contributed by atoms with E-state index in [4.69, 9.17) is 9.52 Å². The van der Waals surface area contributed by atoms with Gasteiger partial charge in [0.25, 0.3) is 5.91 Å². The molecule has 1 atom stereocenters. The number of amides is 1. The maximum Gasteiger partial charge on any atom is 0.257 e. The van der Waals surface area contributed by atoms with Crippen molar-refractivity contribution < 1.29 is 9.21 Å². The summed E-state index contributed by atoms with van der Waals surface area (Å²) in [6, 6.07) is 22.5. The summed E-state index contributed by atoms with van der Waals surface area (Å²) in [6.45, 7) is 7.09. The summed E-state index contributed by atoms with van der Waals surface area (Å²) in [5.74, 6) is 0.803. The number of rotatable bonds is 6. The van der Waals surface area contributed by atoms with Gasteiger partial charge in [0.2, 0.25) is 0 Å². The maximum absolute atomic E-state index is 13.3. The summed E-state index contributed by atoms with van der Waals surface area (Å²) in [5.41, 5.74) is 4.53. The fraction of sp³-hybridized carbons (Fsp3) is 0.333. The van der Waals surface area contributed by atoms with Crippen LogP contribution in [0.4, 0.5) is 0 Å². The first-order valence-corrected chi connectivity index (χ1v) is 11.6. The van der Waals surface area contributed by atoms with Crippen LogP contribution in [-0.2, 0) is 11.3 Å². The highest BCUT2D eigenvalue weighted by Crippen LogP contribution is 2.33. The van der Waals surface area contributed by atoms with Crippen LogP contribution in [0.2, 0.25) is 0 Å². The normalized spacial score (nSPS) is 19.6. The molecule has 0 spiro atoms. The van der Waals surface area contributed by atoms with Crippen LogP contribution in [0.15, 0.2) is 82.5 Å². The highest BCUT2D eigenvalue weighted by atomic mass is 16.3. The van der Waals surface area contributed by atoms with Gasteiger partial charge in [0.1, 0.15) is 11.8 Å². The highest BCUT2D eigenvalue weighted by molar-refractivity contribution is 6.03. The zero-order valence-electron chi connectivity index (χ0n) is 19.1. The van der Waals surface area contributed by atoms with Crippen molar-refractivity contribution in [2.75, 3.05) is 32.7 Å². The molecule has 5 rings (SSSR count). The van der Waals surface area contributed by atoms with Crippen molar-refractivity contribution in [2.45, 2.75) is 25.9 Å². The second-order valence-electron chi connectivity index (χ2n) is 8.92. The molecule has 0 aliphatic carbocycles. The quantitative estimate of drug-likeness (QED) is 0.577. The topological polar surface area (TPSA) is 52.3 Å². The minimum atomic E-state index is -0.192. The largest absolute Gasteiger partial charge is 0.467 e. The molecule has 6 heteroatoms. The molecule has 0 bridgehead atoms. The van der Waals surface area contributed by atoms with Gasteiger partial charge in [0.05, 0.1) is 18.5 Å².